The van der Waals surface area contributed by atoms with E-state index in [0.29, 0.717) is 12.2 Å². The first kappa shape index (κ1) is 17.3. The lowest BCUT2D eigenvalue weighted by atomic mass is 9.90. The molecule has 1 heterocycles. The molecule has 4 rings (SSSR count). The molecule has 0 aliphatic heterocycles. The van der Waals surface area contributed by atoms with Crippen LogP contribution in [0.3, 0.4) is 0 Å². The lowest BCUT2D eigenvalue weighted by Crippen LogP contribution is -2.15. The second-order valence-electron chi connectivity index (χ2n) is 6.75. The Hall–Kier alpha value is -3.15. The summed E-state index contributed by atoms with van der Waals surface area (Å²) in [6.07, 6.45) is 6.14. The van der Waals surface area contributed by atoms with Crippen molar-refractivity contribution < 1.29 is 9.53 Å². The Balaban J connectivity index is 1.46. The molecule has 6 heteroatoms. The van der Waals surface area contributed by atoms with E-state index >= 15 is 0 Å². The predicted octanol–water partition coefficient (Wildman–Crippen LogP) is 3.47. The zero-order valence-corrected chi connectivity index (χ0v) is 15.3. The second-order valence-corrected chi connectivity index (χ2v) is 6.75. The van der Waals surface area contributed by atoms with E-state index in [4.69, 9.17) is 4.74 Å². The number of benzene rings is 2. The third-order valence-corrected chi connectivity index (χ3v) is 4.92. The summed E-state index contributed by atoms with van der Waals surface area (Å²) in [6.45, 7) is 0.547. The fourth-order valence-electron chi connectivity index (χ4n) is 3.48. The SMILES string of the molecule is COc1ccc(Cn2cc(C(=O)Nc3cccc4c3CCCC4)nn2)cc1. The molecular formula is C21H22N4O2. The fraction of sp³-hybridized carbons (Fsp3) is 0.286. The average Bonchev–Trinajstić information content (AvgIpc) is 3.17. The van der Waals surface area contributed by atoms with Crippen molar-refractivity contribution in [3.05, 3.63) is 71.0 Å². The number of fused-ring (bicyclic) bond motifs is 1. The van der Waals surface area contributed by atoms with Gasteiger partial charge in [0, 0.05) is 5.69 Å². The molecule has 6 nitrogen and oxygen atoms in total. The lowest BCUT2D eigenvalue weighted by molar-refractivity contribution is 0.102. The van der Waals surface area contributed by atoms with Crippen molar-refractivity contribution >= 4 is 11.6 Å². The predicted molar refractivity (Wildman–Crippen MR) is 103 cm³/mol. The van der Waals surface area contributed by atoms with Crippen molar-refractivity contribution in [1.82, 2.24) is 15.0 Å². The minimum Gasteiger partial charge on any atom is -0.497 e. The van der Waals surface area contributed by atoms with Crippen LogP contribution in [-0.4, -0.2) is 28.0 Å². The zero-order chi connectivity index (χ0) is 18.6. The summed E-state index contributed by atoms with van der Waals surface area (Å²) in [6, 6.07) is 13.9. The molecule has 0 fully saturated rings. The maximum Gasteiger partial charge on any atom is 0.277 e. The van der Waals surface area contributed by atoms with Crippen LogP contribution < -0.4 is 10.1 Å². The van der Waals surface area contributed by atoms with E-state index in [1.807, 2.05) is 36.4 Å². The first-order valence-electron chi connectivity index (χ1n) is 9.18. The normalized spacial score (nSPS) is 13.1. The number of anilines is 1. The minimum absolute atomic E-state index is 0.227. The molecule has 3 aromatic rings. The highest BCUT2D eigenvalue weighted by atomic mass is 16.5. The molecule has 1 N–H and O–H groups in total. The molecule has 1 aromatic heterocycles. The summed E-state index contributed by atoms with van der Waals surface area (Å²) in [7, 11) is 1.64. The second kappa shape index (κ2) is 7.61. The van der Waals surface area contributed by atoms with Gasteiger partial charge in [-0.2, -0.15) is 0 Å². The maximum atomic E-state index is 12.6. The number of carbonyl (C=O) groups is 1. The number of rotatable bonds is 5. The Morgan fingerprint density at radius 1 is 1.15 bits per heavy atom. The number of hydrogen-bond acceptors (Lipinski definition) is 4. The van der Waals surface area contributed by atoms with Gasteiger partial charge < -0.3 is 10.1 Å². The zero-order valence-electron chi connectivity index (χ0n) is 15.3. The highest BCUT2D eigenvalue weighted by Gasteiger charge is 2.17. The topological polar surface area (TPSA) is 69.0 Å². The molecule has 27 heavy (non-hydrogen) atoms. The molecule has 1 aliphatic rings. The average molecular weight is 362 g/mol. The number of amides is 1. The number of aryl methyl sites for hydroxylation is 1. The first-order valence-corrected chi connectivity index (χ1v) is 9.18. The van der Waals surface area contributed by atoms with Gasteiger partial charge in [0.25, 0.3) is 5.91 Å². The largest absolute Gasteiger partial charge is 0.497 e. The Morgan fingerprint density at radius 3 is 2.78 bits per heavy atom. The number of carbonyl (C=O) groups excluding carboxylic acids is 1. The van der Waals surface area contributed by atoms with E-state index < -0.39 is 0 Å². The lowest BCUT2D eigenvalue weighted by Gasteiger charge is -2.19. The van der Waals surface area contributed by atoms with Crippen molar-refractivity contribution in [2.45, 2.75) is 32.2 Å². The van der Waals surface area contributed by atoms with Crippen LogP contribution in [0.25, 0.3) is 0 Å². The fourth-order valence-corrected chi connectivity index (χ4v) is 3.48. The third kappa shape index (κ3) is 3.84. The van der Waals surface area contributed by atoms with Gasteiger partial charge in [0.1, 0.15) is 5.75 Å². The third-order valence-electron chi connectivity index (χ3n) is 4.92. The number of ether oxygens (including phenoxy) is 1. The molecule has 0 unspecified atom stereocenters. The monoisotopic (exact) mass is 362 g/mol. The summed E-state index contributed by atoms with van der Waals surface area (Å²) in [5.74, 6) is 0.582. The molecule has 0 saturated heterocycles. The van der Waals surface area contributed by atoms with Gasteiger partial charge in [-0.1, -0.05) is 29.5 Å². The highest BCUT2D eigenvalue weighted by molar-refractivity contribution is 6.03. The van der Waals surface area contributed by atoms with Crippen LogP contribution in [0.2, 0.25) is 0 Å². The Morgan fingerprint density at radius 2 is 1.96 bits per heavy atom. The summed E-state index contributed by atoms with van der Waals surface area (Å²) in [4.78, 5) is 12.6. The van der Waals surface area contributed by atoms with E-state index in [0.717, 1.165) is 36.3 Å². The maximum absolute atomic E-state index is 12.6. The molecule has 0 bridgehead atoms. The van der Waals surface area contributed by atoms with Gasteiger partial charge >= 0.3 is 0 Å². The van der Waals surface area contributed by atoms with Gasteiger partial charge in [-0.3, -0.25) is 4.79 Å². The van der Waals surface area contributed by atoms with Gasteiger partial charge in [-0.15, -0.1) is 5.10 Å². The van der Waals surface area contributed by atoms with Crippen LogP contribution in [0.15, 0.2) is 48.7 Å². The summed E-state index contributed by atoms with van der Waals surface area (Å²) >= 11 is 0. The minimum atomic E-state index is -0.227. The van der Waals surface area contributed by atoms with Gasteiger partial charge in [0.15, 0.2) is 5.69 Å². The van der Waals surface area contributed by atoms with Crippen LogP contribution in [0.4, 0.5) is 5.69 Å². The van der Waals surface area contributed by atoms with Crippen LogP contribution >= 0.6 is 0 Å². The Labute approximate surface area is 158 Å². The van der Waals surface area contributed by atoms with Crippen molar-refractivity contribution in [3.8, 4) is 5.75 Å². The first-order chi connectivity index (χ1) is 13.2. The van der Waals surface area contributed by atoms with Crippen molar-refractivity contribution in [2.75, 3.05) is 12.4 Å². The number of nitrogens with zero attached hydrogens (tertiary/aromatic N) is 3. The molecular weight excluding hydrogens is 340 g/mol. The Bertz CT molecular complexity index is 947. The van der Waals surface area contributed by atoms with Gasteiger partial charge in [0.2, 0.25) is 0 Å². The molecule has 0 saturated carbocycles. The standard InChI is InChI=1S/C21H22N4O2/c1-27-17-11-9-15(10-12-17)13-25-14-20(23-24-25)21(26)22-19-8-4-6-16-5-2-3-7-18(16)19/h4,6,8-12,14H,2-3,5,7,13H2,1H3,(H,22,26). The van der Waals surface area contributed by atoms with Crippen LogP contribution in [0.5, 0.6) is 5.75 Å². The molecule has 138 valence electrons. The smallest absolute Gasteiger partial charge is 0.277 e. The van der Waals surface area contributed by atoms with E-state index in [9.17, 15) is 4.79 Å². The van der Waals surface area contributed by atoms with Crippen molar-refractivity contribution in [2.24, 2.45) is 0 Å². The summed E-state index contributed by atoms with van der Waals surface area (Å²) < 4.78 is 6.83. The van der Waals surface area contributed by atoms with E-state index in [2.05, 4.69) is 21.7 Å². The van der Waals surface area contributed by atoms with Gasteiger partial charge in [0.05, 0.1) is 19.9 Å². The molecule has 0 spiro atoms. The highest BCUT2D eigenvalue weighted by Crippen LogP contribution is 2.28. The van der Waals surface area contributed by atoms with E-state index in [-0.39, 0.29) is 5.91 Å². The number of aromatic nitrogens is 3. The quantitative estimate of drug-likeness (QED) is 0.755. The van der Waals surface area contributed by atoms with Crippen LogP contribution in [0, 0.1) is 0 Å². The molecule has 1 aliphatic carbocycles. The number of hydrogen-bond donors (Lipinski definition) is 1. The van der Waals surface area contributed by atoms with E-state index in [1.165, 1.54) is 17.5 Å². The Kier molecular flexibility index (Phi) is 4.87. The summed E-state index contributed by atoms with van der Waals surface area (Å²) in [5, 5.41) is 11.1. The van der Waals surface area contributed by atoms with E-state index in [1.54, 1.807) is 18.0 Å². The molecule has 0 atom stereocenters. The van der Waals surface area contributed by atoms with Gasteiger partial charge in [-0.25, -0.2) is 4.68 Å². The van der Waals surface area contributed by atoms with Crippen molar-refractivity contribution in [1.29, 1.82) is 0 Å². The number of methoxy groups -OCH3 is 1. The molecule has 0 radical (unpaired) electrons. The van der Waals surface area contributed by atoms with Gasteiger partial charge in [-0.05, 0) is 60.6 Å². The van der Waals surface area contributed by atoms with Crippen LogP contribution in [0.1, 0.15) is 40.0 Å². The molecule has 2 aromatic carbocycles. The van der Waals surface area contributed by atoms with Crippen molar-refractivity contribution in [3.63, 3.8) is 0 Å². The summed E-state index contributed by atoms with van der Waals surface area (Å²) in [5.41, 5.74) is 4.86. The number of nitrogens with one attached hydrogen (secondary N) is 1. The molecule has 1 amide bonds. The van der Waals surface area contributed by atoms with Crippen LogP contribution in [-0.2, 0) is 19.4 Å².